The van der Waals surface area contributed by atoms with Crippen molar-refractivity contribution in [1.29, 1.82) is 0 Å². The highest BCUT2D eigenvalue weighted by Gasteiger charge is 2.07. The summed E-state index contributed by atoms with van der Waals surface area (Å²) >= 11 is 0. The molecule has 3 N–H and O–H groups in total. The molecule has 0 aliphatic heterocycles. The predicted octanol–water partition coefficient (Wildman–Crippen LogP) is 0.689. The van der Waals surface area contributed by atoms with Gasteiger partial charge in [0, 0.05) is 27.2 Å². The molecular weight excluding hydrogens is 228 g/mol. The lowest BCUT2D eigenvalue weighted by molar-refractivity contribution is 0.635. The summed E-state index contributed by atoms with van der Waals surface area (Å²) in [7, 11) is 5.91. The van der Waals surface area contributed by atoms with E-state index in [4.69, 9.17) is 5.73 Å². The molecule has 1 aromatic heterocycles. The number of hydrogen-bond acceptors (Lipinski definition) is 3. The normalized spacial score (nSPS) is 13.5. The van der Waals surface area contributed by atoms with Crippen LogP contribution in [0.2, 0.25) is 0 Å². The van der Waals surface area contributed by atoms with Crippen LogP contribution in [0.15, 0.2) is 11.2 Å². The van der Waals surface area contributed by atoms with Crippen LogP contribution in [0.1, 0.15) is 26.0 Å². The molecule has 0 amide bonds. The van der Waals surface area contributed by atoms with Crippen LogP contribution >= 0.6 is 0 Å². The van der Waals surface area contributed by atoms with Crippen molar-refractivity contribution < 1.29 is 0 Å². The van der Waals surface area contributed by atoms with Crippen LogP contribution in [-0.4, -0.2) is 35.6 Å². The molecule has 0 radical (unpaired) electrons. The first-order valence-corrected chi connectivity index (χ1v) is 6.20. The van der Waals surface area contributed by atoms with Crippen LogP contribution in [0.5, 0.6) is 0 Å². The number of aromatic nitrogens is 2. The van der Waals surface area contributed by atoms with Gasteiger partial charge < -0.3 is 20.5 Å². The molecule has 1 unspecified atom stereocenters. The van der Waals surface area contributed by atoms with E-state index in [1.165, 1.54) is 0 Å². The van der Waals surface area contributed by atoms with E-state index in [9.17, 15) is 0 Å². The van der Waals surface area contributed by atoms with Gasteiger partial charge in [0.25, 0.3) is 0 Å². The summed E-state index contributed by atoms with van der Waals surface area (Å²) < 4.78 is 2.01. The van der Waals surface area contributed by atoms with Crippen molar-refractivity contribution in [1.82, 2.24) is 14.9 Å². The molecule has 6 nitrogen and oxygen atoms in total. The molecule has 0 bridgehead atoms. The third-order valence-corrected chi connectivity index (χ3v) is 2.88. The van der Waals surface area contributed by atoms with Crippen molar-refractivity contribution in [2.24, 2.45) is 17.8 Å². The molecule has 1 aromatic rings. The Bertz CT molecular complexity index is 407. The van der Waals surface area contributed by atoms with Gasteiger partial charge in [-0.3, -0.25) is 0 Å². The molecule has 0 saturated heterocycles. The van der Waals surface area contributed by atoms with Crippen LogP contribution in [0.4, 0.5) is 5.95 Å². The quantitative estimate of drug-likeness (QED) is 0.597. The standard InChI is InChI=1S/C12H24N6/c1-6-9(2)16-11(13)14-7-10-8-15-12(17(3)4)18(10)5/h8-9H,6-7H2,1-5H3,(H3,13,14,16). The highest BCUT2D eigenvalue weighted by atomic mass is 15.3. The number of nitrogens with two attached hydrogens (primary N) is 1. The van der Waals surface area contributed by atoms with Gasteiger partial charge in [0.2, 0.25) is 5.95 Å². The lowest BCUT2D eigenvalue weighted by Gasteiger charge is -2.13. The molecule has 0 aliphatic rings. The zero-order valence-electron chi connectivity index (χ0n) is 11.9. The van der Waals surface area contributed by atoms with E-state index in [2.05, 4.69) is 29.1 Å². The number of imidazole rings is 1. The molecule has 18 heavy (non-hydrogen) atoms. The Morgan fingerprint density at radius 3 is 2.78 bits per heavy atom. The molecule has 0 fully saturated rings. The van der Waals surface area contributed by atoms with E-state index in [1.807, 2.05) is 36.8 Å². The minimum absolute atomic E-state index is 0.345. The number of guanidine groups is 1. The van der Waals surface area contributed by atoms with Crippen molar-refractivity contribution in [3.05, 3.63) is 11.9 Å². The number of anilines is 1. The zero-order chi connectivity index (χ0) is 13.7. The Labute approximate surface area is 109 Å². The van der Waals surface area contributed by atoms with Crippen molar-refractivity contribution in [2.45, 2.75) is 32.9 Å². The number of nitrogens with one attached hydrogen (secondary N) is 1. The highest BCUT2D eigenvalue weighted by molar-refractivity contribution is 5.78. The van der Waals surface area contributed by atoms with E-state index in [0.717, 1.165) is 18.1 Å². The Morgan fingerprint density at radius 2 is 2.28 bits per heavy atom. The van der Waals surface area contributed by atoms with Gasteiger partial charge in [-0.1, -0.05) is 6.92 Å². The topological polar surface area (TPSA) is 71.5 Å². The maximum Gasteiger partial charge on any atom is 0.204 e. The number of rotatable bonds is 5. The summed E-state index contributed by atoms with van der Waals surface area (Å²) in [6, 6.07) is 0.345. The summed E-state index contributed by atoms with van der Waals surface area (Å²) in [5.41, 5.74) is 6.85. The molecule has 0 aliphatic carbocycles. The first-order valence-electron chi connectivity index (χ1n) is 6.20. The summed E-state index contributed by atoms with van der Waals surface area (Å²) in [5.74, 6) is 1.39. The van der Waals surface area contributed by atoms with Gasteiger partial charge in [-0.2, -0.15) is 0 Å². The van der Waals surface area contributed by atoms with Crippen molar-refractivity contribution in [3.8, 4) is 0 Å². The van der Waals surface area contributed by atoms with E-state index >= 15 is 0 Å². The fraction of sp³-hybridized carbons (Fsp3) is 0.667. The van der Waals surface area contributed by atoms with E-state index in [1.54, 1.807) is 0 Å². The van der Waals surface area contributed by atoms with E-state index in [-0.39, 0.29) is 0 Å². The first kappa shape index (κ1) is 14.3. The van der Waals surface area contributed by atoms with Gasteiger partial charge in [0.15, 0.2) is 5.96 Å². The third-order valence-electron chi connectivity index (χ3n) is 2.88. The summed E-state index contributed by atoms with van der Waals surface area (Å²) in [5, 5.41) is 3.14. The summed E-state index contributed by atoms with van der Waals surface area (Å²) in [6.45, 7) is 4.72. The second kappa shape index (κ2) is 6.28. The van der Waals surface area contributed by atoms with Crippen molar-refractivity contribution >= 4 is 11.9 Å². The molecule has 1 heterocycles. The second-order valence-electron chi connectivity index (χ2n) is 4.66. The second-order valence-corrected chi connectivity index (χ2v) is 4.66. The monoisotopic (exact) mass is 252 g/mol. The smallest absolute Gasteiger partial charge is 0.204 e. The first-order chi connectivity index (χ1) is 8.45. The molecule has 0 saturated carbocycles. The number of nitrogens with zero attached hydrogens (tertiary/aromatic N) is 4. The largest absolute Gasteiger partial charge is 0.370 e. The maximum atomic E-state index is 5.81. The van der Waals surface area contributed by atoms with Crippen LogP contribution in [0.3, 0.4) is 0 Å². The summed E-state index contributed by atoms with van der Waals surface area (Å²) in [4.78, 5) is 10.6. The zero-order valence-corrected chi connectivity index (χ0v) is 11.9. The summed E-state index contributed by atoms with van der Waals surface area (Å²) in [6.07, 6.45) is 2.85. The molecule has 6 heteroatoms. The van der Waals surface area contributed by atoms with Gasteiger partial charge in [0.05, 0.1) is 18.4 Å². The van der Waals surface area contributed by atoms with Crippen LogP contribution in [-0.2, 0) is 13.6 Å². The lowest BCUT2D eigenvalue weighted by atomic mass is 10.3. The molecule has 1 atom stereocenters. The van der Waals surface area contributed by atoms with Crippen molar-refractivity contribution in [2.75, 3.05) is 19.0 Å². The van der Waals surface area contributed by atoms with Crippen LogP contribution in [0, 0.1) is 0 Å². The van der Waals surface area contributed by atoms with E-state index in [0.29, 0.717) is 18.5 Å². The van der Waals surface area contributed by atoms with Crippen LogP contribution in [0.25, 0.3) is 0 Å². The molecule has 0 spiro atoms. The average Bonchev–Trinajstić information content (AvgIpc) is 2.68. The number of hydrogen-bond donors (Lipinski definition) is 2. The third kappa shape index (κ3) is 3.65. The Balaban J connectivity index is 2.66. The molecule has 1 rings (SSSR count). The predicted molar refractivity (Wildman–Crippen MR) is 75.8 cm³/mol. The van der Waals surface area contributed by atoms with Crippen LogP contribution < -0.4 is 16.0 Å². The SMILES string of the molecule is CCC(C)NC(N)=NCc1cnc(N(C)C)n1C. The van der Waals surface area contributed by atoms with Gasteiger partial charge in [-0.25, -0.2) is 9.98 Å². The van der Waals surface area contributed by atoms with E-state index < -0.39 is 0 Å². The van der Waals surface area contributed by atoms with Crippen molar-refractivity contribution in [3.63, 3.8) is 0 Å². The van der Waals surface area contributed by atoms with Gasteiger partial charge in [-0.05, 0) is 13.3 Å². The Morgan fingerprint density at radius 1 is 1.61 bits per heavy atom. The van der Waals surface area contributed by atoms with Gasteiger partial charge in [0.1, 0.15) is 0 Å². The molecule has 0 aromatic carbocycles. The Hall–Kier alpha value is -1.72. The minimum atomic E-state index is 0.345. The van der Waals surface area contributed by atoms with Gasteiger partial charge in [-0.15, -0.1) is 0 Å². The van der Waals surface area contributed by atoms with Gasteiger partial charge >= 0.3 is 0 Å². The average molecular weight is 252 g/mol. The molecular formula is C12H24N6. The highest BCUT2D eigenvalue weighted by Crippen LogP contribution is 2.11. The Kier molecular flexibility index (Phi) is 5.00. The fourth-order valence-electron chi connectivity index (χ4n) is 1.56. The number of aliphatic imine (C=N–C) groups is 1. The lowest BCUT2D eigenvalue weighted by Crippen LogP contribution is -2.38. The molecule has 102 valence electrons. The fourth-order valence-corrected chi connectivity index (χ4v) is 1.56. The maximum absolute atomic E-state index is 5.81. The minimum Gasteiger partial charge on any atom is -0.370 e.